The van der Waals surface area contributed by atoms with E-state index in [-0.39, 0.29) is 5.82 Å². The zero-order chi connectivity index (χ0) is 13.2. The summed E-state index contributed by atoms with van der Waals surface area (Å²) < 4.78 is 15.1. The van der Waals surface area contributed by atoms with Gasteiger partial charge in [0.15, 0.2) is 0 Å². The largest absolute Gasteiger partial charge is 0.269 e. The highest BCUT2D eigenvalue weighted by atomic mass is 19.1. The van der Waals surface area contributed by atoms with Crippen LogP contribution in [-0.2, 0) is 6.42 Å². The van der Waals surface area contributed by atoms with Crippen molar-refractivity contribution in [3.63, 3.8) is 0 Å². The Morgan fingerprint density at radius 2 is 2.05 bits per heavy atom. The molecule has 2 nitrogen and oxygen atoms in total. The van der Waals surface area contributed by atoms with Gasteiger partial charge in [-0.15, -0.1) is 0 Å². The summed E-state index contributed by atoms with van der Waals surface area (Å²) in [6, 6.07) is 7.46. The van der Waals surface area contributed by atoms with Crippen LogP contribution >= 0.6 is 0 Å². The molecule has 1 fully saturated rings. The molecule has 0 N–H and O–H groups in total. The summed E-state index contributed by atoms with van der Waals surface area (Å²) >= 11 is 0. The fourth-order valence-electron chi connectivity index (χ4n) is 3.00. The maximum Gasteiger partial charge on any atom is 0.123 e. The lowest BCUT2D eigenvalue weighted by Crippen LogP contribution is -2.05. The van der Waals surface area contributed by atoms with E-state index in [0.29, 0.717) is 12.0 Å². The lowest BCUT2D eigenvalue weighted by Gasteiger charge is -2.12. The highest BCUT2D eigenvalue weighted by Crippen LogP contribution is 2.40. The molecule has 0 aliphatic heterocycles. The van der Waals surface area contributed by atoms with Crippen LogP contribution in [0.2, 0.25) is 0 Å². The van der Waals surface area contributed by atoms with Crippen LogP contribution in [0.3, 0.4) is 0 Å². The summed E-state index contributed by atoms with van der Waals surface area (Å²) in [5.41, 5.74) is 2.55. The number of nitrogens with zero attached hydrogens (tertiary/aromatic N) is 2. The Morgan fingerprint density at radius 3 is 2.74 bits per heavy atom. The van der Waals surface area contributed by atoms with Crippen LogP contribution in [0.4, 0.5) is 4.39 Å². The monoisotopic (exact) mass is 258 g/mol. The van der Waals surface area contributed by atoms with Gasteiger partial charge in [-0.1, -0.05) is 19.1 Å². The average molecular weight is 258 g/mol. The fourth-order valence-corrected chi connectivity index (χ4v) is 3.00. The zero-order valence-electron chi connectivity index (χ0n) is 11.2. The van der Waals surface area contributed by atoms with Crippen LogP contribution in [0.1, 0.15) is 49.3 Å². The topological polar surface area (TPSA) is 17.8 Å². The van der Waals surface area contributed by atoms with Gasteiger partial charge in [-0.2, -0.15) is 5.10 Å². The Labute approximate surface area is 113 Å². The van der Waals surface area contributed by atoms with Gasteiger partial charge in [0.2, 0.25) is 0 Å². The molecule has 0 radical (unpaired) electrons. The Kier molecular flexibility index (Phi) is 3.36. The van der Waals surface area contributed by atoms with E-state index < -0.39 is 0 Å². The summed E-state index contributed by atoms with van der Waals surface area (Å²) in [7, 11) is 0. The van der Waals surface area contributed by atoms with Crippen molar-refractivity contribution >= 4 is 0 Å². The molecule has 1 heterocycles. The Hall–Kier alpha value is -1.64. The fraction of sp³-hybridized carbons (Fsp3) is 0.438. The summed E-state index contributed by atoms with van der Waals surface area (Å²) in [6.45, 7) is 2.15. The highest BCUT2D eigenvalue weighted by Gasteiger charge is 2.27. The molecule has 1 aromatic heterocycles. The van der Waals surface area contributed by atoms with Crippen molar-refractivity contribution in [1.29, 1.82) is 0 Å². The van der Waals surface area contributed by atoms with Crippen molar-refractivity contribution in [2.24, 2.45) is 0 Å². The van der Waals surface area contributed by atoms with Crippen LogP contribution in [0.25, 0.3) is 0 Å². The molecule has 1 aromatic carbocycles. The summed E-state index contributed by atoms with van der Waals surface area (Å²) in [6.07, 6.45) is 8.60. The first kappa shape index (κ1) is 12.4. The molecule has 0 bridgehead atoms. The smallest absolute Gasteiger partial charge is 0.123 e. The van der Waals surface area contributed by atoms with Crippen molar-refractivity contribution in [1.82, 2.24) is 9.78 Å². The van der Waals surface area contributed by atoms with E-state index in [1.165, 1.54) is 11.1 Å². The first-order valence-corrected chi connectivity index (χ1v) is 7.04. The molecule has 3 heteroatoms. The number of aryl methyl sites for hydroxylation is 1. The number of halogens is 1. The lowest BCUT2D eigenvalue weighted by molar-refractivity contribution is 0.460. The van der Waals surface area contributed by atoms with Gasteiger partial charge in [-0.05, 0) is 54.9 Å². The number of rotatable bonds is 3. The van der Waals surface area contributed by atoms with E-state index in [4.69, 9.17) is 0 Å². The molecular formula is C16H19FN2. The Bertz CT molecular complexity index is 544. The zero-order valence-corrected chi connectivity index (χ0v) is 11.2. The number of hydrogen-bond donors (Lipinski definition) is 0. The number of benzene rings is 1. The van der Waals surface area contributed by atoms with E-state index in [1.807, 2.05) is 18.3 Å². The third kappa shape index (κ3) is 2.55. The summed E-state index contributed by atoms with van der Waals surface area (Å²) in [5, 5.41) is 4.47. The molecule has 1 aliphatic carbocycles. The highest BCUT2D eigenvalue weighted by molar-refractivity contribution is 5.22. The normalized spacial score (nSPS) is 22.8. The van der Waals surface area contributed by atoms with E-state index in [1.54, 1.807) is 12.1 Å². The molecule has 0 spiro atoms. The Balaban J connectivity index is 1.71. The van der Waals surface area contributed by atoms with Gasteiger partial charge in [0.1, 0.15) is 5.82 Å². The summed E-state index contributed by atoms with van der Waals surface area (Å²) in [5.74, 6) is 0.387. The second kappa shape index (κ2) is 5.16. The van der Waals surface area contributed by atoms with Gasteiger partial charge < -0.3 is 0 Å². The van der Waals surface area contributed by atoms with Crippen LogP contribution in [-0.4, -0.2) is 9.78 Å². The van der Waals surface area contributed by atoms with Gasteiger partial charge in [-0.25, -0.2) is 4.39 Å². The first-order chi connectivity index (χ1) is 9.26. The molecule has 0 amide bonds. The van der Waals surface area contributed by atoms with Crippen LogP contribution in [0, 0.1) is 5.82 Å². The molecule has 1 saturated carbocycles. The molecule has 2 aromatic rings. The minimum atomic E-state index is -0.155. The van der Waals surface area contributed by atoms with Crippen molar-refractivity contribution in [3.05, 3.63) is 53.6 Å². The lowest BCUT2D eigenvalue weighted by atomic mass is 9.97. The predicted molar refractivity (Wildman–Crippen MR) is 73.6 cm³/mol. The van der Waals surface area contributed by atoms with Gasteiger partial charge in [-0.3, -0.25) is 4.68 Å². The third-order valence-corrected chi connectivity index (χ3v) is 4.18. The van der Waals surface area contributed by atoms with Gasteiger partial charge in [0.25, 0.3) is 0 Å². The maximum atomic E-state index is 12.9. The molecule has 19 heavy (non-hydrogen) atoms. The van der Waals surface area contributed by atoms with Crippen molar-refractivity contribution < 1.29 is 4.39 Å². The number of aromatic nitrogens is 2. The van der Waals surface area contributed by atoms with Crippen molar-refractivity contribution in [3.8, 4) is 0 Å². The minimum absolute atomic E-state index is 0.155. The number of hydrogen-bond acceptors (Lipinski definition) is 1. The maximum absolute atomic E-state index is 12.9. The van der Waals surface area contributed by atoms with Crippen LogP contribution in [0.15, 0.2) is 36.7 Å². The summed E-state index contributed by atoms with van der Waals surface area (Å²) in [4.78, 5) is 0. The van der Waals surface area contributed by atoms with Crippen molar-refractivity contribution in [2.45, 2.75) is 44.6 Å². The van der Waals surface area contributed by atoms with Gasteiger partial charge >= 0.3 is 0 Å². The van der Waals surface area contributed by atoms with E-state index in [0.717, 1.165) is 25.7 Å². The molecule has 2 atom stereocenters. The van der Waals surface area contributed by atoms with Crippen molar-refractivity contribution in [2.75, 3.05) is 0 Å². The third-order valence-electron chi connectivity index (χ3n) is 4.18. The van der Waals surface area contributed by atoms with E-state index in [2.05, 4.69) is 22.9 Å². The molecule has 0 saturated heterocycles. The molecule has 3 rings (SSSR count). The standard InChI is InChI=1S/C16H19FN2/c1-2-12-10-18-19(11-12)16-8-5-14(9-16)13-3-6-15(17)7-4-13/h3-4,6-7,10-11,14,16H,2,5,8-9H2,1H3. The Morgan fingerprint density at radius 1 is 1.26 bits per heavy atom. The first-order valence-electron chi connectivity index (χ1n) is 7.04. The molecule has 2 unspecified atom stereocenters. The molecule has 100 valence electrons. The van der Waals surface area contributed by atoms with E-state index >= 15 is 0 Å². The van der Waals surface area contributed by atoms with Gasteiger partial charge in [0, 0.05) is 6.20 Å². The molecular weight excluding hydrogens is 239 g/mol. The second-order valence-corrected chi connectivity index (χ2v) is 5.40. The van der Waals surface area contributed by atoms with Crippen LogP contribution in [0.5, 0.6) is 0 Å². The minimum Gasteiger partial charge on any atom is -0.269 e. The quantitative estimate of drug-likeness (QED) is 0.810. The SMILES string of the molecule is CCc1cnn(C2CCC(c3ccc(F)cc3)C2)c1. The van der Waals surface area contributed by atoms with Gasteiger partial charge in [0.05, 0.1) is 12.2 Å². The average Bonchev–Trinajstić information content (AvgIpc) is 3.08. The van der Waals surface area contributed by atoms with E-state index in [9.17, 15) is 4.39 Å². The van der Waals surface area contributed by atoms with Crippen LogP contribution < -0.4 is 0 Å². The predicted octanol–water partition coefficient (Wildman–Crippen LogP) is 4.09. The second-order valence-electron chi connectivity index (χ2n) is 5.40. The molecule has 1 aliphatic rings.